The molecular weight excluding hydrogens is 396 g/mol. The molecule has 0 spiro atoms. The highest BCUT2D eigenvalue weighted by molar-refractivity contribution is 7.13. The second-order valence-corrected chi connectivity index (χ2v) is 8.36. The maximum Gasteiger partial charge on any atom is 0.272 e. The van der Waals surface area contributed by atoms with Crippen LogP contribution in [0.2, 0.25) is 0 Å². The minimum Gasteiger partial charge on any atom is -0.397 e. The van der Waals surface area contributed by atoms with E-state index in [0.29, 0.717) is 28.9 Å². The van der Waals surface area contributed by atoms with E-state index in [4.69, 9.17) is 11.6 Å². The maximum atomic E-state index is 13.3. The summed E-state index contributed by atoms with van der Waals surface area (Å²) in [5.41, 5.74) is 9.76. The van der Waals surface area contributed by atoms with Gasteiger partial charge >= 0.3 is 0 Å². The van der Waals surface area contributed by atoms with Crippen LogP contribution in [0.1, 0.15) is 33.2 Å². The number of nitrogens with two attached hydrogens (primary N) is 2. The second kappa shape index (κ2) is 9.21. The first-order valence-electron chi connectivity index (χ1n) is 9.59. The summed E-state index contributed by atoms with van der Waals surface area (Å²) in [6.07, 6.45) is 0.619. The Labute approximate surface area is 180 Å². The first-order valence-corrected chi connectivity index (χ1v) is 10.5. The standard InChI is InChI=1S/C23H26N4O2S/c1-15(28)16-6-8-19(17(13-16)10-11-26(2)3)23(29)27(25)21-14-18(7-9-20(21)24)22-5-4-12-30-22/h4-9,12-14H,10-11,24-25H2,1-3H3. The van der Waals surface area contributed by atoms with Gasteiger partial charge in [-0.25, -0.2) is 10.9 Å². The normalized spacial score (nSPS) is 11.0. The molecule has 0 fully saturated rings. The van der Waals surface area contributed by atoms with E-state index in [9.17, 15) is 9.59 Å². The largest absolute Gasteiger partial charge is 0.397 e. The molecule has 156 valence electrons. The molecule has 6 nitrogen and oxygen atoms in total. The number of carbonyl (C=O) groups excluding carboxylic acids is 2. The van der Waals surface area contributed by atoms with E-state index in [1.165, 1.54) is 6.92 Å². The molecule has 1 heterocycles. The molecule has 0 radical (unpaired) electrons. The van der Waals surface area contributed by atoms with Crippen molar-refractivity contribution in [2.45, 2.75) is 13.3 Å². The highest BCUT2D eigenvalue weighted by Crippen LogP contribution is 2.32. The fraction of sp³-hybridized carbons (Fsp3) is 0.217. The van der Waals surface area contributed by atoms with Crippen LogP contribution in [0.4, 0.5) is 11.4 Å². The molecule has 1 amide bonds. The van der Waals surface area contributed by atoms with E-state index in [0.717, 1.165) is 27.6 Å². The zero-order valence-corrected chi connectivity index (χ0v) is 18.2. The number of hydrogen-bond acceptors (Lipinski definition) is 6. The minimum atomic E-state index is -0.367. The van der Waals surface area contributed by atoms with E-state index in [1.807, 2.05) is 48.6 Å². The monoisotopic (exact) mass is 422 g/mol. The number of likely N-dealkylation sites (N-methyl/N-ethyl adjacent to an activating group) is 1. The fourth-order valence-electron chi connectivity index (χ4n) is 3.16. The summed E-state index contributed by atoms with van der Waals surface area (Å²) >= 11 is 1.60. The molecule has 1 aromatic heterocycles. The van der Waals surface area contributed by atoms with Gasteiger partial charge in [-0.05, 0) is 74.3 Å². The van der Waals surface area contributed by atoms with Gasteiger partial charge < -0.3 is 10.6 Å². The number of nitrogen functional groups attached to an aromatic ring is 1. The molecule has 0 aliphatic rings. The first kappa shape index (κ1) is 21.7. The predicted octanol–water partition coefficient (Wildman–Crippen LogP) is 3.82. The topological polar surface area (TPSA) is 92.7 Å². The Bertz CT molecular complexity index is 1060. The highest BCUT2D eigenvalue weighted by Gasteiger charge is 2.21. The van der Waals surface area contributed by atoms with Crippen molar-refractivity contribution in [3.63, 3.8) is 0 Å². The Balaban J connectivity index is 1.97. The number of hydrogen-bond donors (Lipinski definition) is 2. The lowest BCUT2D eigenvalue weighted by molar-refractivity contribution is 0.0981. The zero-order valence-electron chi connectivity index (χ0n) is 17.4. The van der Waals surface area contributed by atoms with Gasteiger partial charge in [0.1, 0.15) is 0 Å². The van der Waals surface area contributed by atoms with Gasteiger partial charge in [0.2, 0.25) is 0 Å². The van der Waals surface area contributed by atoms with Crippen LogP contribution in [0.3, 0.4) is 0 Å². The third-order valence-electron chi connectivity index (χ3n) is 4.88. The summed E-state index contributed by atoms with van der Waals surface area (Å²) < 4.78 is 0. The number of thiophene rings is 1. The summed E-state index contributed by atoms with van der Waals surface area (Å²) in [7, 11) is 3.92. The van der Waals surface area contributed by atoms with Gasteiger partial charge in [-0.3, -0.25) is 9.59 Å². The number of amides is 1. The predicted molar refractivity (Wildman–Crippen MR) is 124 cm³/mol. The van der Waals surface area contributed by atoms with Crippen molar-refractivity contribution in [1.82, 2.24) is 4.90 Å². The van der Waals surface area contributed by atoms with Crippen molar-refractivity contribution in [2.24, 2.45) is 5.84 Å². The molecule has 0 saturated carbocycles. The number of Topliss-reactive ketones (excluding diaryl/α,β-unsaturated/α-hetero) is 1. The summed E-state index contributed by atoms with van der Waals surface area (Å²) in [6, 6.07) is 14.6. The molecule has 0 bridgehead atoms. The summed E-state index contributed by atoms with van der Waals surface area (Å²) in [5.74, 6) is 5.84. The van der Waals surface area contributed by atoms with Crippen LogP contribution < -0.4 is 16.6 Å². The van der Waals surface area contributed by atoms with Crippen LogP contribution in [0.25, 0.3) is 10.4 Å². The van der Waals surface area contributed by atoms with E-state index in [2.05, 4.69) is 0 Å². The zero-order chi connectivity index (χ0) is 21.8. The molecule has 0 unspecified atom stereocenters. The quantitative estimate of drug-likeness (QED) is 0.198. The van der Waals surface area contributed by atoms with Gasteiger partial charge in [0, 0.05) is 22.5 Å². The molecule has 3 rings (SSSR count). The van der Waals surface area contributed by atoms with E-state index >= 15 is 0 Å². The summed E-state index contributed by atoms with van der Waals surface area (Å²) in [5, 5.41) is 3.08. The Morgan fingerprint density at radius 3 is 2.47 bits per heavy atom. The van der Waals surface area contributed by atoms with Crippen LogP contribution in [-0.2, 0) is 6.42 Å². The molecule has 4 N–H and O–H groups in total. The Morgan fingerprint density at radius 1 is 1.07 bits per heavy atom. The average Bonchev–Trinajstić information content (AvgIpc) is 3.26. The molecule has 30 heavy (non-hydrogen) atoms. The third-order valence-corrected chi connectivity index (χ3v) is 5.80. The third kappa shape index (κ3) is 4.76. The Hall–Kier alpha value is -3.00. The first-order chi connectivity index (χ1) is 14.3. The second-order valence-electron chi connectivity index (χ2n) is 7.41. The minimum absolute atomic E-state index is 0.0439. The SMILES string of the molecule is CC(=O)c1ccc(C(=O)N(N)c2cc(-c3cccs3)ccc2N)c(CCN(C)C)c1. The van der Waals surface area contributed by atoms with Crippen LogP contribution in [0.15, 0.2) is 53.9 Å². The lowest BCUT2D eigenvalue weighted by Gasteiger charge is -2.21. The number of ketones is 1. The molecule has 0 saturated heterocycles. The Morgan fingerprint density at radius 2 is 1.83 bits per heavy atom. The van der Waals surface area contributed by atoms with Crippen molar-refractivity contribution < 1.29 is 9.59 Å². The smallest absolute Gasteiger partial charge is 0.272 e. The number of benzene rings is 2. The lowest BCUT2D eigenvalue weighted by Crippen LogP contribution is -2.38. The molecule has 2 aromatic carbocycles. The average molecular weight is 423 g/mol. The van der Waals surface area contributed by atoms with Gasteiger partial charge in [0.25, 0.3) is 5.91 Å². The van der Waals surface area contributed by atoms with Crippen LogP contribution in [0.5, 0.6) is 0 Å². The molecule has 0 aliphatic carbocycles. The van der Waals surface area contributed by atoms with Crippen molar-refractivity contribution in [2.75, 3.05) is 31.4 Å². The van der Waals surface area contributed by atoms with Crippen molar-refractivity contribution in [3.8, 4) is 10.4 Å². The Kier molecular flexibility index (Phi) is 6.66. The van der Waals surface area contributed by atoms with Gasteiger partial charge in [0.15, 0.2) is 5.78 Å². The van der Waals surface area contributed by atoms with Gasteiger partial charge in [-0.2, -0.15) is 0 Å². The molecule has 0 aliphatic heterocycles. The fourth-order valence-corrected chi connectivity index (χ4v) is 3.88. The number of anilines is 2. The highest BCUT2D eigenvalue weighted by atomic mass is 32.1. The number of rotatable bonds is 7. The summed E-state index contributed by atoms with van der Waals surface area (Å²) in [6.45, 7) is 2.25. The number of carbonyl (C=O) groups is 2. The molecule has 7 heteroatoms. The van der Waals surface area contributed by atoms with E-state index in [1.54, 1.807) is 35.6 Å². The van der Waals surface area contributed by atoms with Crippen LogP contribution >= 0.6 is 11.3 Å². The van der Waals surface area contributed by atoms with E-state index < -0.39 is 0 Å². The number of hydrazine groups is 1. The van der Waals surface area contributed by atoms with Crippen LogP contribution in [0, 0.1) is 0 Å². The van der Waals surface area contributed by atoms with Crippen molar-refractivity contribution >= 4 is 34.4 Å². The van der Waals surface area contributed by atoms with Gasteiger partial charge in [0.05, 0.1) is 11.4 Å². The molecular formula is C23H26N4O2S. The van der Waals surface area contributed by atoms with Gasteiger partial charge in [-0.15, -0.1) is 11.3 Å². The van der Waals surface area contributed by atoms with Crippen molar-refractivity contribution in [3.05, 3.63) is 70.6 Å². The van der Waals surface area contributed by atoms with E-state index in [-0.39, 0.29) is 11.7 Å². The van der Waals surface area contributed by atoms with Crippen molar-refractivity contribution in [1.29, 1.82) is 0 Å². The van der Waals surface area contributed by atoms with Crippen LogP contribution in [-0.4, -0.2) is 37.2 Å². The molecule has 0 atom stereocenters. The maximum absolute atomic E-state index is 13.3. The molecule has 3 aromatic rings. The number of nitrogens with zero attached hydrogens (tertiary/aromatic N) is 2. The lowest BCUT2D eigenvalue weighted by atomic mass is 9.98. The summed E-state index contributed by atoms with van der Waals surface area (Å²) in [4.78, 5) is 28.2. The van der Waals surface area contributed by atoms with Gasteiger partial charge in [-0.1, -0.05) is 18.2 Å².